The largest absolute Gasteiger partial charge is 0.497 e. The summed E-state index contributed by atoms with van der Waals surface area (Å²) in [4.78, 5) is 12.1. The molecule has 6 nitrogen and oxygen atoms in total. The molecule has 0 unspecified atom stereocenters. The van der Waals surface area contributed by atoms with Crippen molar-refractivity contribution in [3.8, 4) is 17.1 Å². The lowest BCUT2D eigenvalue weighted by Crippen LogP contribution is -2.19. The molecule has 2 aromatic carbocycles. The van der Waals surface area contributed by atoms with Crippen LogP contribution in [-0.2, 0) is 4.79 Å². The fourth-order valence-corrected chi connectivity index (χ4v) is 3.90. The fourth-order valence-electron chi connectivity index (χ4n) is 2.78. The molecule has 0 aliphatic heterocycles. The summed E-state index contributed by atoms with van der Waals surface area (Å²) in [6.45, 7) is 4.12. The lowest BCUT2D eigenvalue weighted by Gasteiger charge is -2.17. The third-order valence-electron chi connectivity index (χ3n) is 4.11. The van der Waals surface area contributed by atoms with Gasteiger partial charge in [-0.2, -0.15) is 0 Å². The Hall–Kier alpha value is -2.80. The van der Waals surface area contributed by atoms with Crippen LogP contribution in [0.4, 0.5) is 0 Å². The Balaban J connectivity index is 1.98. The third-order valence-corrected chi connectivity index (χ3v) is 5.34. The molecule has 0 radical (unpaired) electrons. The first-order valence-corrected chi connectivity index (χ1v) is 9.49. The van der Waals surface area contributed by atoms with Gasteiger partial charge in [0.25, 0.3) is 0 Å². The SMILES string of the molecule is COc1ccc(-c2nnc(S[C@@H](C(N)=O)c3ccccc3)n2C(C)C)cc1. The number of carbonyl (C=O) groups is 1. The molecule has 0 fully saturated rings. The summed E-state index contributed by atoms with van der Waals surface area (Å²) in [5.41, 5.74) is 7.44. The van der Waals surface area contributed by atoms with Crippen LogP contribution in [0.15, 0.2) is 59.8 Å². The number of hydrogen-bond donors (Lipinski definition) is 1. The normalized spacial score (nSPS) is 12.1. The molecule has 27 heavy (non-hydrogen) atoms. The average Bonchev–Trinajstić information content (AvgIpc) is 3.10. The maximum absolute atomic E-state index is 12.1. The highest BCUT2D eigenvalue weighted by molar-refractivity contribution is 8.00. The molecule has 0 bridgehead atoms. The number of nitrogens with zero attached hydrogens (tertiary/aromatic N) is 3. The number of rotatable bonds is 7. The first-order chi connectivity index (χ1) is 13.0. The van der Waals surface area contributed by atoms with E-state index in [1.54, 1.807) is 7.11 Å². The number of aromatic nitrogens is 3. The Labute approximate surface area is 162 Å². The predicted octanol–water partition coefficient (Wildman–Crippen LogP) is 3.85. The number of methoxy groups -OCH3 is 1. The molecular formula is C20H22N4O2S. The topological polar surface area (TPSA) is 83.0 Å². The van der Waals surface area contributed by atoms with Crippen molar-refractivity contribution in [1.82, 2.24) is 14.8 Å². The predicted molar refractivity (Wildman–Crippen MR) is 107 cm³/mol. The summed E-state index contributed by atoms with van der Waals surface area (Å²) in [6, 6.07) is 17.2. The lowest BCUT2D eigenvalue weighted by molar-refractivity contribution is -0.117. The van der Waals surface area contributed by atoms with Crippen LogP contribution in [0.2, 0.25) is 0 Å². The number of thioether (sulfide) groups is 1. The molecule has 1 heterocycles. The third kappa shape index (κ3) is 4.14. The van der Waals surface area contributed by atoms with Crippen LogP contribution in [0.25, 0.3) is 11.4 Å². The van der Waals surface area contributed by atoms with Gasteiger partial charge in [0.15, 0.2) is 11.0 Å². The summed E-state index contributed by atoms with van der Waals surface area (Å²) in [6.07, 6.45) is 0. The van der Waals surface area contributed by atoms with Gasteiger partial charge >= 0.3 is 0 Å². The van der Waals surface area contributed by atoms with Crippen molar-refractivity contribution >= 4 is 17.7 Å². The van der Waals surface area contributed by atoms with Crippen LogP contribution in [-0.4, -0.2) is 27.8 Å². The smallest absolute Gasteiger partial charge is 0.235 e. The Morgan fingerprint density at radius 3 is 2.30 bits per heavy atom. The van der Waals surface area contributed by atoms with Crippen molar-refractivity contribution in [3.63, 3.8) is 0 Å². The van der Waals surface area contributed by atoms with Gasteiger partial charge in [0.2, 0.25) is 5.91 Å². The summed E-state index contributed by atoms with van der Waals surface area (Å²) in [7, 11) is 1.63. The maximum atomic E-state index is 12.1. The van der Waals surface area contributed by atoms with Gasteiger partial charge in [0, 0.05) is 11.6 Å². The molecule has 0 aliphatic carbocycles. The van der Waals surface area contributed by atoms with Crippen LogP contribution in [0.3, 0.4) is 0 Å². The van der Waals surface area contributed by atoms with E-state index in [-0.39, 0.29) is 6.04 Å². The molecule has 0 aliphatic rings. The standard InChI is InChI=1S/C20H22N4O2S/c1-13(2)24-19(15-9-11-16(26-3)12-10-15)22-23-20(24)27-17(18(21)25)14-7-5-4-6-8-14/h4-13,17H,1-3H3,(H2,21,25)/t17-/m1/s1. The van der Waals surface area contributed by atoms with E-state index < -0.39 is 11.2 Å². The summed E-state index contributed by atoms with van der Waals surface area (Å²) < 4.78 is 7.24. The molecule has 7 heteroatoms. The van der Waals surface area contributed by atoms with Crippen LogP contribution < -0.4 is 10.5 Å². The van der Waals surface area contributed by atoms with Gasteiger partial charge in [-0.1, -0.05) is 42.1 Å². The van der Waals surface area contributed by atoms with Crippen LogP contribution in [0.1, 0.15) is 30.7 Å². The minimum absolute atomic E-state index is 0.115. The maximum Gasteiger partial charge on any atom is 0.235 e. The molecule has 1 atom stereocenters. The Morgan fingerprint density at radius 2 is 1.74 bits per heavy atom. The van der Waals surface area contributed by atoms with E-state index in [0.717, 1.165) is 22.7 Å². The van der Waals surface area contributed by atoms with Gasteiger partial charge < -0.3 is 10.5 Å². The first-order valence-electron chi connectivity index (χ1n) is 8.61. The van der Waals surface area contributed by atoms with Crippen molar-refractivity contribution in [2.24, 2.45) is 5.73 Å². The number of ether oxygens (including phenoxy) is 1. The monoisotopic (exact) mass is 382 g/mol. The molecule has 140 valence electrons. The number of benzene rings is 2. The second-order valence-electron chi connectivity index (χ2n) is 6.31. The fraction of sp³-hybridized carbons (Fsp3) is 0.250. The summed E-state index contributed by atoms with van der Waals surface area (Å²) in [5.74, 6) is 1.11. The minimum Gasteiger partial charge on any atom is -0.497 e. The average molecular weight is 382 g/mol. The Kier molecular flexibility index (Phi) is 5.81. The van der Waals surface area contributed by atoms with E-state index in [2.05, 4.69) is 24.0 Å². The van der Waals surface area contributed by atoms with Crippen LogP contribution in [0, 0.1) is 0 Å². The quantitative estimate of drug-likeness (QED) is 0.628. The molecule has 2 N–H and O–H groups in total. The van der Waals surface area contributed by atoms with Gasteiger partial charge in [0.05, 0.1) is 7.11 Å². The highest BCUT2D eigenvalue weighted by atomic mass is 32.2. The van der Waals surface area contributed by atoms with E-state index >= 15 is 0 Å². The summed E-state index contributed by atoms with van der Waals surface area (Å²) in [5, 5.41) is 8.83. The second kappa shape index (κ2) is 8.26. The number of amides is 1. The van der Waals surface area contributed by atoms with Gasteiger partial charge in [-0.3, -0.25) is 9.36 Å². The number of primary amides is 1. The highest BCUT2D eigenvalue weighted by Gasteiger charge is 2.25. The summed E-state index contributed by atoms with van der Waals surface area (Å²) >= 11 is 1.32. The Morgan fingerprint density at radius 1 is 1.07 bits per heavy atom. The molecule has 0 spiro atoms. The molecular weight excluding hydrogens is 360 g/mol. The molecule has 1 aromatic heterocycles. The zero-order valence-corrected chi connectivity index (χ0v) is 16.3. The molecule has 3 aromatic rings. The number of hydrogen-bond acceptors (Lipinski definition) is 5. The van der Waals surface area contributed by atoms with Crippen molar-refractivity contribution in [2.75, 3.05) is 7.11 Å². The zero-order chi connectivity index (χ0) is 19.4. The molecule has 0 saturated heterocycles. The highest BCUT2D eigenvalue weighted by Crippen LogP contribution is 2.37. The molecule has 1 amide bonds. The van der Waals surface area contributed by atoms with Crippen LogP contribution >= 0.6 is 11.8 Å². The van der Waals surface area contributed by atoms with Gasteiger partial charge in [-0.15, -0.1) is 10.2 Å². The zero-order valence-electron chi connectivity index (χ0n) is 15.5. The van der Waals surface area contributed by atoms with Gasteiger partial charge in [0.1, 0.15) is 11.0 Å². The minimum atomic E-state index is -0.531. The first kappa shape index (κ1) is 19.0. The molecule has 3 rings (SSSR count). The van der Waals surface area contributed by atoms with Crippen molar-refractivity contribution in [2.45, 2.75) is 30.3 Å². The van der Waals surface area contributed by atoms with E-state index in [1.165, 1.54) is 11.8 Å². The van der Waals surface area contributed by atoms with E-state index in [4.69, 9.17) is 10.5 Å². The van der Waals surface area contributed by atoms with Crippen molar-refractivity contribution in [3.05, 3.63) is 60.2 Å². The van der Waals surface area contributed by atoms with Gasteiger partial charge in [-0.25, -0.2) is 0 Å². The second-order valence-corrected chi connectivity index (χ2v) is 7.38. The lowest BCUT2D eigenvalue weighted by atomic mass is 10.1. The van der Waals surface area contributed by atoms with Crippen molar-refractivity contribution < 1.29 is 9.53 Å². The molecule has 0 saturated carbocycles. The van der Waals surface area contributed by atoms with Gasteiger partial charge in [-0.05, 0) is 43.7 Å². The van der Waals surface area contributed by atoms with E-state index in [1.807, 2.05) is 59.2 Å². The van der Waals surface area contributed by atoms with E-state index in [0.29, 0.717) is 5.16 Å². The number of carbonyl (C=O) groups excluding carboxylic acids is 1. The number of nitrogens with two attached hydrogens (primary N) is 1. The van der Waals surface area contributed by atoms with Crippen LogP contribution in [0.5, 0.6) is 5.75 Å². The van der Waals surface area contributed by atoms with E-state index in [9.17, 15) is 4.79 Å². The Bertz CT molecular complexity index is 907. The van der Waals surface area contributed by atoms with Crippen molar-refractivity contribution in [1.29, 1.82) is 0 Å².